The van der Waals surface area contributed by atoms with Crippen molar-refractivity contribution >= 4 is 22.8 Å². The van der Waals surface area contributed by atoms with Crippen LogP contribution in [-0.2, 0) is 21.9 Å². The third-order valence-corrected chi connectivity index (χ3v) is 5.07. The van der Waals surface area contributed by atoms with E-state index in [2.05, 4.69) is 10.3 Å². The quantitative estimate of drug-likeness (QED) is 0.454. The average Bonchev–Trinajstić information content (AvgIpc) is 2.75. The number of carboxylic acids is 2. The second-order valence-electron chi connectivity index (χ2n) is 7.58. The van der Waals surface area contributed by atoms with Crippen LogP contribution in [0, 0.1) is 0 Å². The van der Waals surface area contributed by atoms with Crippen molar-refractivity contribution in [2.24, 2.45) is 0 Å². The molecule has 13 heteroatoms. The lowest BCUT2D eigenvalue weighted by atomic mass is 9.91. The summed E-state index contributed by atoms with van der Waals surface area (Å²) in [4.78, 5) is 22.5. The van der Waals surface area contributed by atoms with E-state index in [-0.39, 0.29) is 23.8 Å². The number of para-hydroxylation sites is 1. The molecule has 1 fully saturated rings. The summed E-state index contributed by atoms with van der Waals surface area (Å²) in [6, 6.07) is 3.16. The molecule has 0 unspecified atom stereocenters. The first-order valence-corrected chi connectivity index (χ1v) is 10.1. The summed E-state index contributed by atoms with van der Waals surface area (Å²) in [7, 11) is 0. The van der Waals surface area contributed by atoms with Crippen LogP contribution in [0.25, 0.3) is 10.9 Å². The number of alkyl halides is 6. The number of nitrogens with zero attached hydrogens (tertiary/aromatic N) is 1. The van der Waals surface area contributed by atoms with Gasteiger partial charge in [-0.05, 0) is 37.1 Å². The van der Waals surface area contributed by atoms with Gasteiger partial charge in [0.2, 0.25) is 0 Å². The maximum atomic E-state index is 13.2. The van der Waals surface area contributed by atoms with E-state index in [1.54, 1.807) is 0 Å². The summed E-state index contributed by atoms with van der Waals surface area (Å²) < 4.78 is 79.3. The van der Waals surface area contributed by atoms with Crippen LogP contribution in [0.15, 0.2) is 24.3 Å². The highest BCUT2D eigenvalue weighted by Crippen LogP contribution is 2.39. The number of aliphatic carboxylic acids is 2. The highest BCUT2D eigenvalue weighted by atomic mass is 19.4. The zero-order chi connectivity index (χ0) is 25.7. The minimum atomic E-state index is -4.93. The van der Waals surface area contributed by atoms with Gasteiger partial charge in [0.25, 0.3) is 0 Å². The van der Waals surface area contributed by atoms with Gasteiger partial charge in [-0.25, -0.2) is 4.98 Å². The van der Waals surface area contributed by atoms with Gasteiger partial charge < -0.3 is 20.6 Å². The highest BCUT2D eigenvalue weighted by Gasteiger charge is 2.38. The first-order valence-electron chi connectivity index (χ1n) is 10.1. The third kappa shape index (κ3) is 7.29. The van der Waals surface area contributed by atoms with Crippen LogP contribution < -0.4 is 5.32 Å². The fraction of sp³-hybridized carbons (Fsp3) is 0.476. The summed E-state index contributed by atoms with van der Waals surface area (Å²) in [6.07, 6.45) is -9.59. The second-order valence-corrected chi connectivity index (χ2v) is 7.58. The summed E-state index contributed by atoms with van der Waals surface area (Å²) >= 11 is 0. The molecule has 34 heavy (non-hydrogen) atoms. The van der Waals surface area contributed by atoms with E-state index < -0.39 is 53.2 Å². The second kappa shape index (κ2) is 11.0. The predicted octanol–water partition coefficient (Wildman–Crippen LogP) is 4.38. The monoisotopic (exact) mass is 496 g/mol. The lowest BCUT2D eigenvalue weighted by molar-refractivity contribution is -0.143. The van der Waals surface area contributed by atoms with Crippen molar-refractivity contribution in [1.82, 2.24) is 10.3 Å². The van der Waals surface area contributed by atoms with E-state index in [9.17, 15) is 41.0 Å². The van der Waals surface area contributed by atoms with Crippen molar-refractivity contribution in [2.45, 2.75) is 56.6 Å². The lowest BCUT2D eigenvalue weighted by Crippen LogP contribution is -2.39. The first kappa shape index (κ1) is 27.3. The number of hydrogen-bond acceptors (Lipinski definition) is 5. The molecule has 0 bridgehead atoms. The molecule has 1 aliphatic heterocycles. The highest BCUT2D eigenvalue weighted by molar-refractivity contribution is 5.86. The van der Waals surface area contributed by atoms with Gasteiger partial charge in [-0.2, -0.15) is 26.3 Å². The Morgan fingerprint density at radius 3 is 2.12 bits per heavy atom. The Balaban J connectivity index is 0.000000440. The summed E-state index contributed by atoms with van der Waals surface area (Å²) in [5.74, 6) is -2.15. The molecule has 1 saturated heterocycles. The number of carboxylic acid groups (broad SMARTS) is 2. The first-order chi connectivity index (χ1) is 15.7. The van der Waals surface area contributed by atoms with Crippen LogP contribution in [0.4, 0.5) is 26.3 Å². The zero-order valence-corrected chi connectivity index (χ0v) is 17.6. The van der Waals surface area contributed by atoms with Crippen LogP contribution >= 0.6 is 0 Å². The Bertz CT molecular complexity index is 1010. The van der Waals surface area contributed by atoms with Gasteiger partial charge in [-0.1, -0.05) is 18.6 Å². The predicted molar refractivity (Wildman–Crippen MR) is 107 cm³/mol. The van der Waals surface area contributed by atoms with E-state index in [1.165, 1.54) is 6.07 Å². The Kier molecular flexibility index (Phi) is 8.83. The summed E-state index contributed by atoms with van der Waals surface area (Å²) in [5, 5.41) is 29.3. The molecule has 0 saturated carbocycles. The van der Waals surface area contributed by atoms with Crippen LogP contribution in [0.2, 0.25) is 0 Å². The van der Waals surface area contributed by atoms with E-state index in [0.717, 1.165) is 18.9 Å². The lowest BCUT2D eigenvalue weighted by Gasteiger charge is -2.29. The fourth-order valence-electron chi connectivity index (χ4n) is 3.47. The normalized spacial score (nSPS) is 17.6. The van der Waals surface area contributed by atoms with Gasteiger partial charge in [0.1, 0.15) is 5.69 Å². The molecule has 0 aliphatic carbocycles. The van der Waals surface area contributed by atoms with Gasteiger partial charge in [-0.15, -0.1) is 0 Å². The molecule has 0 spiro atoms. The van der Waals surface area contributed by atoms with Crippen molar-refractivity contribution in [3.63, 3.8) is 0 Å². The Labute approximate surface area is 189 Å². The Morgan fingerprint density at radius 2 is 1.65 bits per heavy atom. The van der Waals surface area contributed by atoms with Crippen LogP contribution in [0.1, 0.15) is 55.0 Å². The van der Waals surface area contributed by atoms with Crippen molar-refractivity contribution in [3.05, 3.63) is 41.1 Å². The number of fused-ring (bicyclic) bond motifs is 1. The molecule has 2 aromatic rings. The largest absolute Gasteiger partial charge is 0.481 e. The molecule has 0 amide bonds. The number of nitrogens with one attached hydrogen (secondary N) is 1. The number of aromatic nitrogens is 1. The number of aliphatic hydroxyl groups excluding tert-OH is 1. The number of pyridine rings is 1. The molecule has 188 valence electrons. The van der Waals surface area contributed by atoms with Gasteiger partial charge >= 0.3 is 24.3 Å². The van der Waals surface area contributed by atoms with Crippen molar-refractivity contribution < 1.29 is 51.3 Å². The molecular formula is C21H22F6N2O5. The molecule has 3 rings (SSSR count). The van der Waals surface area contributed by atoms with Crippen molar-refractivity contribution in [3.8, 4) is 0 Å². The van der Waals surface area contributed by atoms with E-state index in [4.69, 9.17) is 10.2 Å². The number of benzene rings is 1. The fourth-order valence-corrected chi connectivity index (χ4v) is 3.47. The maximum absolute atomic E-state index is 13.2. The van der Waals surface area contributed by atoms with Gasteiger partial charge in [0.15, 0.2) is 0 Å². The molecule has 2 heterocycles. The minimum Gasteiger partial charge on any atom is -0.481 e. The number of rotatable bonds is 5. The third-order valence-electron chi connectivity index (χ3n) is 5.07. The topological polar surface area (TPSA) is 120 Å². The van der Waals surface area contributed by atoms with Gasteiger partial charge in [0, 0.05) is 11.4 Å². The van der Waals surface area contributed by atoms with E-state index in [0.29, 0.717) is 25.1 Å². The number of piperidine rings is 1. The minimum absolute atomic E-state index is 0.132. The number of hydrogen-bond donors (Lipinski definition) is 4. The van der Waals surface area contributed by atoms with Crippen LogP contribution in [0.3, 0.4) is 0 Å². The van der Waals surface area contributed by atoms with Crippen molar-refractivity contribution in [1.29, 1.82) is 0 Å². The maximum Gasteiger partial charge on any atom is 0.433 e. The number of halogens is 6. The molecule has 1 aromatic heterocycles. The van der Waals surface area contributed by atoms with Gasteiger partial charge in [-0.3, -0.25) is 9.59 Å². The Hall–Kier alpha value is -2.93. The number of carbonyl (C=O) groups is 2. The molecular weight excluding hydrogens is 474 g/mol. The molecule has 7 nitrogen and oxygen atoms in total. The number of aliphatic hydroxyl groups is 1. The van der Waals surface area contributed by atoms with E-state index >= 15 is 0 Å². The summed E-state index contributed by atoms with van der Waals surface area (Å²) in [5.41, 5.74) is -3.72. The zero-order valence-electron chi connectivity index (χ0n) is 17.6. The molecule has 1 aromatic carbocycles. The standard InChI is InChI=1S/C17H16F6N2O.C4H6O4/c18-16(19,20)11-5-3-4-9-10(15(26)12-6-1-2-7-24-12)8-13(17(21,22)23)25-14(9)11;5-3(6)1-2-4(7)8/h3-5,8,12,15,24,26H,1-2,6-7H2;1-2H2,(H,5,6)(H,7,8)/t12-,15+;/m1./s1. The average molecular weight is 496 g/mol. The van der Waals surface area contributed by atoms with Crippen LogP contribution in [0.5, 0.6) is 0 Å². The molecule has 4 N–H and O–H groups in total. The SMILES string of the molecule is O=C(O)CCC(=O)O.O[C@@H](c1cc(C(F)(F)F)nc2c(C(F)(F)F)cccc12)[C@H]1CCCCN1. The molecule has 0 radical (unpaired) electrons. The van der Waals surface area contributed by atoms with Gasteiger partial charge in [0.05, 0.1) is 30.0 Å². The van der Waals surface area contributed by atoms with Crippen molar-refractivity contribution in [2.75, 3.05) is 6.54 Å². The van der Waals surface area contributed by atoms with Crippen LogP contribution in [-0.4, -0.2) is 44.8 Å². The summed E-state index contributed by atoms with van der Waals surface area (Å²) in [6.45, 7) is 0.588. The molecule has 1 aliphatic rings. The smallest absolute Gasteiger partial charge is 0.433 e. The Morgan fingerprint density at radius 1 is 1.03 bits per heavy atom. The molecule has 2 atom stereocenters. The van der Waals surface area contributed by atoms with E-state index in [1.807, 2.05) is 0 Å².